The molecule has 4 N–H and O–H groups in total. The van der Waals surface area contributed by atoms with Crippen molar-refractivity contribution in [2.45, 2.75) is 25.2 Å². The van der Waals surface area contributed by atoms with Crippen LogP contribution in [0.2, 0.25) is 0 Å². The molecule has 0 spiro atoms. The van der Waals surface area contributed by atoms with Gasteiger partial charge in [-0.3, -0.25) is 5.10 Å². The van der Waals surface area contributed by atoms with Gasteiger partial charge in [0.05, 0.1) is 12.3 Å². The van der Waals surface area contributed by atoms with E-state index in [9.17, 15) is 0 Å². The summed E-state index contributed by atoms with van der Waals surface area (Å²) in [6, 6.07) is 0. The molecule has 1 aliphatic carbocycles. The average molecular weight is 181 g/mol. The summed E-state index contributed by atoms with van der Waals surface area (Å²) in [6.07, 6.45) is 3.36. The van der Waals surface area contributed by atoms with Gasteiger partial charge in [0, 0.05) is 18.2 Å². The number of nitrogens with one attached hydrogen (secondary N) is 1. The Bertz CT molecular complexity index is 291. The second kappa shape index (κ2) is 3.47. The summed E-state index contributed by atoms with van der Waals surface area (Å²) < 4.78 is 0. The van der Waals surface area contributed by atoms with E-state index in [0.29, 0.717) is 6.54 Å². The molecule has 1 heterocycles. The number of rotatable bonds is 3. The number of aryl methyl sites for hydroxylation is 1. The van der Waals surface area contributed by atoms with Crippen LogP contribution in [0.3, 0.4) is 0 Å². The van der Waals surface area contributed by atoms with Crippen molar-refractivity contribution in [3.8, 4) is 0 Å². The number of aliphatic hydroxyl groups is 1. The number of aromatic amines is 1. The van der Waals surface area contributed by atoms with Gasteiger partial charge in [-0.05, 0) is 24.8 Å². The molecule has 2 rings (SSSR count). The van der Waals surface area contributed by atoms with Crippen LogP contribution in [0.1, 0.15) is 29.3 Å². The number of fused-ring (bicyclic) bond motifs is 1. The van der Waals surface area contributed by atoms with Gasteiger partial charge in [-0.2, -0.15) is 5.10 Å². The van der Waals surface area contributed by atoms with Crippen molar-refractivity contribution in [1.29, 1.82) is 0 Å². The van der Waals surface area contributed by atoms with Crippen LogP contribution in [0.4, 0.5) is 0 Å². The lowest BCUT2D eigenvalue weighted by molar-refractivity contribution is 0.265. The summed E-state index contributed by atoms with van der Waals surface area (Å²) in [4.78, 5) is 0. The molecule has 0 bridgehead atoms. The van der Waals surface area contributed by atoms with Crippen LogP contribution in [0, 0.1) is 0 Å². The number of nitrogens with zero attached hydrogens (tertiary/aromatic N) is 1. The summed E-state index contributed by atoms with van der Waals surface area (Å²) in [5.74, 6) is 0.0121. The van der Waals surface area contributed by atoms with Crippen LogP contribution in [-0.4, -0.2) is 28.5 Å². The number of aliphatic hydroxyl groups excluding tert-OH is 1. The molecular formula is C9H15N3O. The third-order valence-corrected chi connectivity index (χ3v) is 2.73. The minimum absolute atomic E-state index is 0.0121. The molecular weight excluding hydrogens is 166 g/mol. The second-order valence-corrected chi connectivity index (χ2v) is 3.53. The van der Waals surface area contributed by atoms with Crippen LogP contribution in [0.15, 0.2) is 0 Å². The van der Waals surface area contributed by atoms with E-state index in [0.717, 1.165) is 18.5 Å². The molecule has 0 aliphatic heterocycles. The van der Waals surface area contributed by atoms with E-state index in [1.807, 2.05) is 0 Å². The first kappa shape index (κ1) is 8.72. The molecule has 1 aliphatic rings. The minimum Gasteiger partial charge on any atom is -0.396 e. The highest BCUT2D eigenvalue weighted by atomic mass is 16.3. The van der Waals surface area contributed by atoms with Crippen molar-refractivity contribution >= 4 is 0 Å². The highest BCUT2D eigenvalue weighted by Crippen LogP contribution is 2.27. The first-order valence-electron chi connectivity index (χ1n) is 4.73. The Labute approximate surface area is 77.1 Å². The Morgan fingerprint density at radius 2 is 2.38 bits per heavy atom. The standard InChI is InChI=1S/C9H15N3O/c10-4-6(5-13)9-7-2-1-3-8(7)11-12-9/h6,13H,1-5,10H2,(H,11,12). The largest absolute Gasteiger partial charge is 0.396 e. The predicted molar refractivity (Wildman–Crippen MR) is 49.5 cm³/mol. The number of aromatic nitrogens is 2. The van der Waals surface area contributed by atoms with Gasteiger partial charge >= 0.3 is 0 Å². The molecule has 1 atom stereocenters. The SMILES string of the molecule is NCC(CO)c1n[nH]c2c1CCC2. The van der Waals surface area contributed by atoms with Crippen LogP contribution in [-0.2, 0) is 12.8 Å². The maximum atomic E-state index is 9.10. The Hall–Kier alpha value is -0.870. The fourth-order valence-corrected chi connectivity index (χ4v) is 1.96. The molecule has 0 fully saturated rings. The van der Waals surface area contributed by atoms with Crippen molar-refractivity contribution in [2.75, 3.05) is 13.2 Å². The zero-order valence-electron chi connectivity index (χ0n) is 7.58. The van der Waals surface area contributed by atoms with Gasteiger partial charge in [0.15, 0.2) is 0 Å². The van der Waals surface area contributed by atoms with Gasteiger partial charge in [-0.25, -0.2) is 0 Å². The minimum atomic E-state index is 0.0121. The van der Waals surface area contributed by atoms with Gasteiger partial charge in [-0.15, -0.1) is 0 Å². The smallest absolute Gasteiger partial charge is 0.0723 e. The normalized spacial score (nSPS) is 17.4. The maximum absolute atomic E-state index is 9.10. The van der Waals surface area contributed by atoms with E-state index in [1.54, 1.807) is 0 Å². The summed E-state index contributed by atoms with van der Waals surface area (Å²) in [6.45, 7) is 0.557. The predicted octanol–water partition coefficient (Wildman–Crippen LogP) is -0.0670. The Morgan fingerprint density at radius 3 is 3.08 bits per heavy atom. The van der Waals surface area contributed by atoms with E-state index in [2.05, 4.69) is 10.2 Å². The molecule has 13 heavy (non-hydrogen) atoms. The molecule has 1 unspecified atom stereocenters. The van der Waals surface area contributed by atoms with E-state index in [1.165, 1.54) is 17.7 Å². The van der Waals surface area contributed by atoms with Crippen molar-refractivity contribution in [1.82, 2.24) is 10.2 Å². The van der Waals surface area contributed by atoms with Crippen molar-refractivity contribution < 1.29 is 5.11 Å². The lowest BCUT2D eigenvalue weighted by Crippen LogP contribution is -2.17. The molecule has 4 nitrogen and oxygen atoms in total. The quantitative estimate of drug-likeness (QED) is 0.611. The first-order valence-corrected chi connectivity index (χ1v) is 4.73. The van der Waals surface area contributed by atoms with Crippen LogP contribution >= 0.6 is 0 Å². The highest BCUT2D eigenvalue weighted by molar-refractivity contribution is 5.32. The van der Waals surface area contributed by atoms with E-state index >= 15 is 0 Å². The monoisotopic (exact) mass is 181 g/mol. The molecule has 4 heteroatoms. The third kappa shape index (κ3) is 1.36. The number of H-pyrrole nitrogens is 1. The van der Waals surface area contributed by atoms with Crippen LogP contribution in [0.25, 0.3) is 0 Å². The molecule has 72 valence electrons. The fourth-order valence-electron chi connectivity index (χ4n) is 1.96. The van der Waals surface area contributed by atoms with Gasteiger partial charge in [0.1, 0.15) is 0 Å². The summed E-state index contributed by atoms with van der Waals surface area (Å²) >= 11 is 0. The Balaban J connectivity index is 2.29. The van der Waals surface area contributed by atoms with Gasteiger partial charge in [0.2, 0.25) is 0 Å². The molecule has 1 aromatic rings. The number of nitrogens with two attached hydrogens (primary N) is 1. The van der Waals surface area contributed by atoms with Gasteiger partial charge in [0.25, 0.3) is 0 Å². The zero-order valence-corrected chi connectivity index (χ0v) is 7.58. The van der Waals surface area contributed by atoms with Crippen molar-refractivity contribution in [3.63, 3.8) is 0 Å². The number of hydrogen-bond donors (Lipinski definition) is 3. The Morgan fingerprint density at radius 1 is 1.54 bits per heavy atom. The molecule has 0 aromatic carbocycles. The molecule has 0 saturated heterocycles. The topological polar surface area (TPSA) is 74.9 Å². The van der Waals surface area contributed by atoms with E-state index < -0.39 is 0 Å². The van der Waals surface area contributed by atoms with Crippen LogP contribution < -0.4 is 5.73 Å². The summed E-state index contributed by atoms with van der Waals surface area (Å²) in [7, 11) is 0. The maximum Gasteiger partial charge on any atom is 0.0723 e. The fraction of sp³-hybridized carbons (Fsp3) is 0.667. The number of hydrogen-bond acceptors (Lipinski definition) is 3. The zero-order chi connectivity index (χ0) is 9.26. The summed E-state index contributed by atoms with van der Waals surface area (Å²) in [5.41, 5.74) is 9.07. The van der Waals surface area contributed by atoms with Crippen LogP contribution in [0.5, 0.6) is 0 Å². The van der Waals surface area contributed by atoms with Crippen molar-refractivity contribution in [3.05, 3.63) is 17.0 Å². The third-order valence-electron chi connectivity index (χ3n) is 2.73. The average Bonchev–Trinajstić information content (AvgIpc) is 2.70. The molecule has 1 aromatic heterocycles. The Kier molecular flexibility index (Phi) is 2.33. The lowest BCUT2D eigenvalue weighted by Gasteiger charge is -2.09. The second-order valence-electron chi connectivity index (χ2n) is 3.53. The molecule has 0 amide bonds. The highest BCUT2D eigenvalue weighted by Gasteiger charge is 2.22. The van der Waals surface area contributed by atoms with E-state index in [-0.39, 0.29) is 12.5 Å². The van der Waals surface area contributed by atoms with Crippen molar-refractivity contribution in [2.24, 2.45) is 5.73 Å². The van der Waals surface area contributed by atoms with E-state index in [4.69, 9.17) is 10.8 Å². The lowest BCUT2D eigenvalue weighted by atomic mass is 10.0. The van der Waals surface area contributed by atoms with Gasteiger partial charge < -0.3 is 10.8 Å². The van der Waals surface area contributed by atoms with Gasteiger partial charge in [-0.1, -0.05) is 0 Å². The summed E-state index contributed by atoms with van der Waals surface area (Å²) in [5, 5.41) is 16.3. The molecule has 0 radical (unpaired) electrons. The first-order chi connectivity index (χ1) is 6.36. The molecule has 0 saturated carbocycles.